The van der Waals surface area contributed by atoms with Crippen LogP contribution in [0.25, 0.3) is 0 Å². The third kappa shape index (κ3) is 749. The van der Waals surface area contributed by atoms with Crippen molar-refractivity contribution in [3.63, 3.8) is 0 Å². The first-order chi connectivity index (χ1) is 12.1. The van der Waals surface area contributed by atoms with Crippen molar-refractivity contribution in [2.45, 2.75) is 0 Å². The molecule has 28 nitrogen and oxygen atoms in total. The average Bonchev–Trinajstić information content (AvgIpc) is 2.20. The quantitative estimate of drug-likeness (QED) is 0.154. The van der Waals surface area contributed by atoms with Gasteiger partial charge in [0.1, 0.15) is 0 Å². The molecular weight excluding hydrogens is 652 g/mol. The third-order valence-corrected chi connectivity index (χ3v) is 0. The van der Waals surface area contributed by atoms with Crippen molar-refractivity contribution in [1.29, 1.82) is 0 Å². The van der Waals surface area contributed by atoms with E-state index in [9.17, 15) is 0 Å². The number of hydrogen-bond acceptors (Lipinski definition) is 21. The smallest absolute Gasteiger partial charge is 0.356 e. The van der Waals surface area contributed by atoms with Gasteiger partial charge in [0.2, 0.25) is 0 Å². The summed E-state index contributed by atoms with van der Waals surface area (Å²) in [7, 11) is 0. The zero-order valence-electron chi connectivity index (χ0n) is 12.6. The first kappa shape index (κ1) is 56.2. The van der Waals surface area contributed by atoms with Crippen molar-refractivity contribution in [2.75, 3.05) is 0 Å². The van der Waals surface area contributed by atoms with Crippen LogP contribution in [0.2, 0.25) is 0 Å². The van der Waals surface area contributed by atoms with Gasteiger partial charge >= 0.3 is 45.5 Å². The van der Waals surface area contributed by atoms with Crippen LogP contribution in [-0.4, -0.2) is 60.0 Å². The monoisotopic (exact) mass is 653 g/mol. The van der Waals surface area contributed by atoms with E-state index in [1.165, 1.54) is 0 Å². The van der Waals surface area contributed by atoms with Crippen molar-refractivity contribution in [3.05, 3.63) is 107 Å². The standard InChI is InChI=1S/Mo.7NO3.Sb/c;7*2-1(3)4;/q+4;7*-1;+3. The molecule has 2 radical (unpaired) electrons. The Morgan fingerprint density at radius 1 is 0.267 bits per heavy atom. The van der Waals surface area contributed by atoms with Crippen molar-refractivity contribution in [1.82, 2.24) is 0 Å². The molecule has 0 atom stereocenters. The van der Waals surface area contributed by atoms with Crippen LogP contribution >= 0.6 is 0 Å². The molecule has 30 heteroatoms. The van der Waals surface area contributed by atoms with E-state index in [2.05, 4.69) is 0 Å². The Morgan fingerprint density at radius 3 is 0.267 bits per heavy atom. The SMILES string of the molecule is O=[N+]([O-])[O-].O=[N+]([O-])[O-].O=[N+]([O-])[O-].O=[N+]([O-])[O-].O=[N+]([O-])[O-].O=[N+]([O-])[O-].O=[N+]([O-])[O-].[Mo+4].[Sb+3]. The first-order valence-corrected chi connectivity index (χ1v) is 3.83. The van der Waals surface area contributed by atoms with Crippen LogP contribution in [0.1, 0.15) is 0 Å². The van der Waals surface area contributed by atoms with Gasteiger partial charge in [0, 0.05) is 0 Å². The third-order valence-electron chi connectivity index (χ3n) is 0. The van der Waals surface area contributed by atoms with Gasteiger partial charge in [-0.3, -0.25) is 0 Å². The minimum atomic E-state index is -1.75. The van der Waals surface area contributed by atoms with Crippen molar-refractivity contribution in [3.8, 4) is 0 Å². The van der Waals surface area contributed by atoms with Crippen LogP contribution in [0, 0.1) is 107 Å². The largest absolute Gasteiger partial charge is 4.00 e. The fraction of sp³-hybridized carbons (Fsp3) is 0. The maximum Gasteiger partial charge on any atom is 4.00 e. The number of hydrogen-bond donors (Lipinski definition) is 0. The van der Waals surface area contributed by atoms with E-state index in [1.807, 2.05) is 0 Å². The molecule has 0 spiro atoms. The molecule has 0 aromatic rings. The van der Waals surface area contributed by atoms with Gasteiger partial charge in [-0.15, -0.1) is 0 Å². The Balaban J connectivity index is -0.0000000242. The van der Waals surface area contributed by atoms with E-state index in [-0.39, 0.29) is 45.5 Å². The summed E-state index contributed by atoms with van der Waals surface area (Å²) in [6, 6.07) is 0. The summed E-state index contributed by atoms with van der Waals surface area (Å²) >= 11 is 0. The van der Waals surface area contributed by atoms with Crippen LogP contribution in [0.3, 0.4) is 0 Å². The maximum absolute atomic E-state index is 8.25. The van der Waals surface area contributed by atoms with Crippen LogP contribution < -0.4 is 0 Å². The molecule has 0 aromatic heterocycles. The predicted octanol–water partition coefficient (Wildman–Crippen LogP) is -2.06. The van der Waals surface area contributed by atoms with Crippen LogP contribution in [0.15, 0.2) is 0 Å². The maximum atomic E-state index is 8.25. The first-order valence-electron chi connectivity index (χ1n) is 3.83. The molecule has 0 bridgehead atoms. The fourth-order valence-electron chi connectivity index (χ4n) is 0. The van der Waals surface area contributed by atoms with Gasteiger partial charge in [0.05, 0.1) is 35.6 Å². The Hall–Kier alpha value is -4.09. The van der Waals surface area contributed by atoms with E-state index in [0.29, 0.717) is 0 Å². The van der Waals surface area contributed by atoms with E-state index in [0.717, 1.165) is 0 Å². The summed E-state index contributed by atoms with van der Waals surface area (Å²) in [5.41, 5.74) is 0. The molecule has 0 saturated carbocycles. The molecule has 0 aliphatic rings. The van der Waals surface area contributed by atoms with Crippen molar-refractivity contribution < 1.29 is 56.7 Å². The van der Waals surface area contributed by atoms with E-state index < -0.39 is 35.6 Å². The number of nitrogens with zero attached hydrogens (tertiary/aromatic N) is 7. The van der Waals surface area contributed by atoms with E-state index in [4.69, 9.17) is 107 Å². The second kappa shape index (κ2) is 49.8. The molecule has 0 heterocycles. The molecule has 0 aromatic carbocycles. The molecule has 0 N–H and O–H groups in total. The van der Waals surface area contributed by atoms with Gasteiger partial charge in [0.15, 0.2) is 0 Å². The van der Waals surface area contributed by atoms with Crippen LogP contribution in [-0.2, 0) is 21.1 Å². The Bertz CT molecular complexity index is 314. The predicted molar refractivity (Wildman–Crippen MR) is 78.3 cm³/mol. The Labute approximate surface area is 188 Å². The van der Waals surface area contributed by atoms with Gasteiger partial charge in [-0.05, 0) is 0 Å². The number of rotatable bonds is 0. The summed E-state index contributed by atoms with van der Waals surface area (Å²) in [4.78, 5) is 57.8. The molecule has 0 unspecified atom stereocenters. The fourth-order valence-corrected chi connectivity index (χ4v) is 0. The zero-order chi connectivity index (χ0) is 25.0. The van der Waals surface area contributed by atoms with E-state index >= 15 is 0 Å². The summed E-state index contributed by atoms with van der Waals surface area (Å²) in [6.07, 6.45) is 0. The molecule has 0 saturated heterocycles. The van der Waals surface area contributed by atoms with Gasteiger partial charge in [-0.1, -0.05) is 0 Å². The van der Waals surface area contributed by atoms with Crippen LogP contribution in [0.5, 0.6) is 0 Å². The molecule has 0 aliphatic carbocycles. The molecule has 0 aliphatic heterocycles. The summed E-state index contributed by atoms with van der Waals surface area (Å²) < 4.78 is 0. The second-order valence-corrected chi connectivity index (χ2v) is 1.57. The topological polar surface area (TPSA) is 463 Å². The van der Waals surface area contributed by atoms with Crippen molar-refractivity contribution >= 4 is 24.4 Å². The molecule has 0 rings (SSSR count). The minimum absolute atomic E-state index is 0. The summed E-state index contributed by atoms with van der Waals surface area (Å²) in [5.74, 6) is 0. The summed E-state index contributed by atoms with van der Waals surface area (Å²) in [6.45, 7) is 0. The van der Waals surface area contributed by atoms with Crippen molar-refractivity contribution in [2.24, 2.45) is 0 Å². The zero-order valence-corrected chi connectivity index (χ0v) is 17.1. The Kier molecular flexibility index (Phi) is 93.3. The molecule has 0 fully saturated rings. The van der Waals surface area contributed by atoms with E-state index in [1.54, 1.807) is 0 Å². The Morgan fingerprint density at radius 2 is 0.267 bits per heavy atom. The molecule has 0 amide bonds. The van der Waals surface area contributed by atoms with Gasteiger partial charge in [-0.25, -0.2) is 0 Å². The van der Waals surface area contributed by atoms with Gasteiger partial charge in [-0.2, -0.15) is 0 Å². The summed E-state index contributed by atoms with van der Waals surface area (Å²) in [5, 5.41) is 103. The normalized spacial score (nSPS) is 5.60. The molecule has 30 heavy (non-hydrogen) atoms. The average molecular weight is 652 g/mol. The minimum Gasteiger partial charge on any atom is -0.356 e. The molecular formula is MoN7O21Sb. The second-order valence-electron chi connectivity index (χ2n) is 1.57. The van der Waals surface area contributed by atoms with Gasteiger partial charge < -0.3 is 107 Å². The molecule has 172 valence electrons. The van der Waals surface area contributed by atoms with Crippen LogP contribution in [0.4, 0.5) is 0 Å². The van der Waals surface area contributed by atoms with Gasteiger partial charge in [0.25, 0.3) is 0 Å².